The van der Waals surface area contributed by atoms with Crippen molar-refractivity contribution in [1.82, 2.24) is 5.32 Å². The number of fused-ring (bicyclic) bond motifs is 1. The molecule has 4 N–H and O–H groups in total. The average Bonchev–Trinajstić information content (AvgIpc) is 3.06. The molecule has 1 heterocycles. The van der Waals surface area contributed by atoms with Crippen LogP contribution in [0.1, 0.15) is 22.8 Å². The van der Waals surface area contributed by atoms with Crippen molar-refractivity contribution >= 4 is 17.5 Å². The Kier molecular flexibility index (Phi) is 5.00. The number of carbonyl (C=O) groups excluding carboxylic acids is 2. The van der Waals surface area contributed by atoms with Gasteiger partial charge in [-0.1, -0.05) is 24.3 Å². The maximum absolute atomic E-state index is 12.4. The van der Waals surface area contributed by atoms with E-state index in [1.54, 1.807) is 24.3 Å². The summed E-state index contributed by atoms with van der Waals surface area (Å²) in [6.07, 6.45) is -0.0249. The topological polar surface area (TPSA) is 93.5 Å². The van der Waals surface area contributed by atoms with E-state index in [0.29, 0.717) is 24.2 Å². The Balaban J connectivity index is 1.64. The third-order valence-corrected chi connectivity index (χ3v) is 4.06. The lowest BCUT2D eigenvalue weighted by atomic mass is 10.1. The fourth-order valence-corrected chi connectivity index (χ4v) is 2.66. The second-order valence-electron chi connectivity index (χ2n) is 6.10. The van der Waals surface area contributed by atoms with Gasteiger partial charge in [0.2, 0.25) is 0 Å². The number of rotatable bonds is 5. The molecule has 0 spiro atoms. The second-order valence-corrected chi connectivity index (χ2v) is 6.10. The van der Waals surface area contributed by atoms with Gasteiger partial charge in [-0.3, -0.25) is 9.59 Å². The van der Waals surface area contributed by atoms with Crippen LogP contribution in [0.4, 0.5) is 5.69 Å². The van der Waals surface area contributed by atoms with Gasteiger partial charge in [0.15, 0.2) is 6.10 Å². The molecule has 1 aliphatic rings. The number of para-hydroxylation sites is 1. The van der Waals surface area contributed by atoms with Crippen LogP contribution in [0.2, 0.25) is 0 Å². The molecule has 0 aliphatic carbocycles. The first-order valence-corrected chi connectivity index (χ1v) is 8.23. The summed E-state index contributed by atoms with van der Waals surface area (Å²) in [6.45, 7) is 2.19. The molecule has 130 valence electrons. The quantitative estimate of drug-likeness (QED) is 0.773. The van der Waals surface area contributed by atoms with Crippen LogP contribution in [0, 0.1) is 0 Å². The fraction of sp³-hybridized carbons (Fsp3) is 0.263. The number of benzene rings is 2. The predicted molar refractivity (Wildman–Crippen MR) is 95.6 cm³/mol. The normalized spacial score (nSPS) is 16.5. The van der Waals surface area contributed by atoms with Crippen LogP contribution in [0.5, 0.6) is 5.75 Å². The summed E-state index contributed by atoms with van der Waals surface area (Å²) in [5, 5.41) is 5.60. The molecule has 3 rings (SSSR count). The van der Waals surface area contributed by atoms with Crippen LogP contribution >= 0.6 is 0 Å². The molecular weight excluding hydrogens is 318 g/mol. The van der Waals surface area contributed by atoms with Crippen molar-refractivity contribution in [3.8, 4) is 5.75 Å². The molecule has 0 saturated carbocycles. The summed E-state index contributed by atoms with van der Waals surface area (Å²) in [6, 6.07) is 14.3. The van der Waals surface area contributed by atoms with Gasteiger partial charge in [-0.15, -0.1) is 0 Å². The molecule has 0 fully saturated rings. The lowest BCUT2D eigenvalue weighted by Crippen LogP contribution is -2.37. The first-order valence-electron chi connectivity index (χ1n) is 8.23. The maximum atomic E-state index is 12.4. The van der Waals surface area contributed by atoms with Crippen molar-refractivity contribution in [2.75, 3.05) is 11.9 Å². The zero-order chi connectivity index (χ0) is 17.8. The zero-order valence-corrected chi connectivity index (χ0v) is 14.0. The lowest BCUT2D eigenvalue weighted by molar-refractivity contribution is -0.122. The fourth-order valence-electron chi connectivity index (χ4n) is 2.66. The van der Waals surface area contributed by atoms with Crippen molar-refractivity contribution in [2.45, 2.75) is 25.5 Å². The minimum Gasteiger partial charge on any atom is -0.480 e. The Hall–Kier alpha value is -2.86. The molecule has 0 aromatic heterocycles. The molecule has 2 aromatic rings. The van der Waals surface area contributed by atoms with Gasteiger partial charge in [-0.2, -0.15) is 0 Å². The highest BCUT2D eigenvalue weighted by Crippen LogP contribution is 2.28. The number of ether oxygens (including phenoxy) is 1. The maximum Gasteiger partial charge on any atom is 0.265 e. The Labute approximate surface area is 146 Å². The first-order chi connectivity index (χ1) is 12.1. The minimum absolute atomic E-state index is 0.115. The third kappa shape index (κ3) is 3.97. The van der Waals surface area contributed by atoms with Crippen molar-refractivity contribution in [1.29, 1.82) is 0 Å². The highest BCUT2D eigenvalue weighted by molar-refractivity contribution is 5.98. The summed E-state index contributed by atoms with van der Waals surface area (Å²) in [5.74, 6) is 0.286. The van der Waals surface area contributed by atoms with Gasteiger partial charge in [0, 0.05) is 30.3 Å². The van der Waals surface area contributed by atoms with E-state index in [-0.39, 0.29) is 17.9 Å². The van der Waals surface area contributed by atoms with Crippen LogP contribution in [0.15, 0.2) is 48.5 Å². The van der Waals surface area contributed by atoms with E-state index >= 15 is 0 Å². The van der Waals surface area contributed by atoms with Gasteiger partial charge < -0.3 is 21.1 Å². The first kappa shape index (κ1) is 17.0. The van der Waals surface area contributed by atoms with Gasteiger partial charge in [0.1, 0.15) is 5.75 Å². The van der Waals surface area contributed by atoms with E-state index in [0.717, 1.165) is 11.3 Å². The Morgan fingerprint density at radius 1 is 1.24 bits per heavy atom. The number of anilines is 1. The van der Waals surface area contributed by atoms with E-state index in [9.17, 15) is 9.59 Å². The van der Waals surface area contributed by atoms with E-state index in [1.165, 1.54) is 0 Å². The molecule has 25 heavy (non-hydrogen) atoms. The number of hydrogen-bond acceptors (Lipinski definition) is 4. The average molecular weight is 339 g/mol. The zero-order valence-electron chi connectivity index (χ0n) is 14.0. The predicted octanol–water partition coefficient (Wildman–Crippen LogP) is 1.71. The van der Waals surface area contributed by atoms with Gasteiger partial charge in [0.25, 0.3) is 11.8 Å². The smallest absolute Gasteiger partial charge is 0.265 e. The van der Waals surface area contributed by atoms with Gasteiger partial charge in [-0.05, 0) is 36.8 Å². The van der Waals surface area contributed by atoms with E-state index < -0.39 is 6.10 Å². The van der Waals surface area contributed by atoms with Crippen LogP contribution in [0.3, 0.4) is 0 Å². The van der Waals surface area contributed by atoms with Gasteiger partial charge in [0.05, 0.1) is 0 Å². The minimum atomic E-state index is -0.563. The molecule has 6 heteroatoms. The Morgan fingerprint density at radius 3 is 2.80 bits per heavy atom. The molecule has 1 unspecified atom stereocenters. The molecular formula is C19H21N3O3. The molecule has 0 saturated heterocycles. The van der Waals surface area contributed by atoms with Crippen LogP contribution < -0.4 is 21.1 Å². The van der Waals surface area contributed by atoms with E-state index in [2.05, 4.69) is 10.6 Å². The highest BCUT2D eigenvalue weighted by atomic mass is 16.5. The molecule has 2 amide bonds. The monoisotopic (exact) mass is 339 g/mol. The molecule has 6 nitrogen and oxygen atoms in total. The highest BCUT2D eigenvalue weighted by Gasteiger charge is 2.28. The molecule has 2 atom stereocenters. The SMILES string of the molecule is C[C@@H](CN)NC(=O)c1cccc(NC(=O)C2Cc3ccccc3O2)c1. The van der Waals surface area contributed by atoms with Crippen molar-refractivity contribution in [2.24, 2.45) is 5.73 Å². The van der Waals surface area contributed by atoms with E-state index in [1.807, 2.05) is 31.2 Å². The van der Waals surface area contributed by atoms with Crippen molar-refractivity contribution in [3.05, 3.63) is 59.7 Å². The van der Waals surface area contributed by atoms with Crippen LogP contribution in [0.25, 0.3) is 0 Å². The molecule has 1 aliphatic heterocycles. The summed E-state index contributed by atoms with van der Waals surface area (Å²) < 4.78 is 5.68. The third-order valence-electron chi connectivity index (χ3n) is 4.06. The Morgan fingerprint density at radius 2 is 2.04 bits per heavy atom. The lowest BCUT2D eigenvalue weighted by Gasteiger charge is -2.14. The van der Waals surface area contributed by atoms with Gasteiger partial charge >= 0.3 is 0 Å². The van der Waals surface area contributed by atoms with E-state index in [4.69, 9.17) is 10.5 Å². The molecule has 0 radical (unpaired) electrons. The second kappa shape index (κ2) is 7.36. The van der Waals surface area contributed by atoms with Crippen LogP contribution in [-0.2, 0) is 11.2 Å². The van der Waals surface area contributed by atoms with Crippen molar-refractivity contribution in [3.63, 3.8) is 0 Å². The number of nitrogens with one attached hydrogen (secondary N) is 2. The number of nitrogens with two attached hydrogens (primary N) is 1. The largest absolute Gasteiger partial charge is 0.480 e. The van der Waals surface area contributed by atoms with Gasteiger partial charge in [-0.25, -0.2) is 0 Å². The Bertz CT molecular complexity index is 766. The number of hydrogen-bond donors (Lipinski definition) is 3. The van der Waals surface area contributed by atoms with Crippen molar-refractivity contribution < 1.29 is 14.3 Å². The summed E-state index contributed by atoms with van der Waals surface area (Å²) in [5.41, 5.74) is 7.55. The number of carbonyl (C=O) groups is 2. The summed E-state index contributed by atoms with van der Waals surface area (Å²) >= 11 is 0. The van der Waals surface area contributed by atoms with Crippen LogP contribution in [-0.4, -0.2) is 30.5 Å². The molecule has 0 bridgehead atoms. The number of amides is 2. The standard InChI is InChI=1S/C19H21N3O3/c1-12(11-20)21-18(23)14-6-4-7-15(9-14)22-19(24)17-10-13-5-2-3-8-16(13)25-17/h2-9,12,17H,10-11,20H2,1H3,(H,21,23)(H,22,24)/t12-,17?/m0/s1. The molecule has 2 aromatic carbocycles. The summed E-state index contributed by atoms with van der Waals surface area (Å²) in [4.78, 5) is 24.6. The summed E-state index contributed by atoms with van der Waals surface area (Å²) in [7, 11) is 0.